The molecule has 1 nitrogen and oxygen atoms in total. The van der Waals surface area contributed by atoms with Crippen LogP contribution >= 0.6 is 0 Å². The summed E-state index contributed by atoms with van der Waals surface area (Å²) in [5.74, 6) is -6.85. The molecule has 0 amide bonds. The van der Waals surface area contributed by atoms with Gasteiger partial charge in [0.25, 0.3) is 0 Å². The third kappa shape index (κ3) is 2.65. The van der Waals surface area contributed by atoms with E-state index in [0.29, 0.717) is 0 Å². The van der Waals surface area contributed by atoms with Gasteiger partial charge in [0.05, 0.1) is 6.61 Å². The van der Waals surface area contributed by atoms with Gasteiger partial charge in [-0.05, 0) is 13.8 Å². The molecule has 16 heavy (non-hydrogen) atoms. The Morgan fingerprint density at radius 1 is 0.875 bits per heavy atom. The molecule has 1 rings (SSSR count). The molecule has 0 bridgehead atoms. The van der Waals surface area contributed by atoms with Crippen LogP contribution in [0.4, 0.5) is 17.6 Å². The first kappa shape index (κ1) is 14.7. The molecule has 0 aliphatic rings. The Hall–Kier alpha value is -1.26. The first-order valence-corrected chi connectivity index (χ1v) is 4.96. The molecule has 0 fully saturated rings. The summed E-state index contributed by atoms with van der Waals surface area (Å²) >= 11 is 0. The minimum absolute atomic E-state index is 0.0736. The highest BCUT2D eigenvalue weighted by Gasteiger charge is 2.23. The van der Waals surface area contributed by atoms with E-state index in [-0.39, 0.29) is 6.61 Å². The topological polar surface area (TPSA) is 9.23 Å². The van der Waals surface area contributed by atoms with Crippen LogP contribution in [-0.2, 0) is 0 Å². The molecule has 0 heterocycles. The van der Waals surface area contributed by atoms with E-state index in [4.69, 9.17) is 0 Å². The number of hydrogen-bond acceptors (Lipinski definition) is 1. The lowest BCUT2D eigenvalue weighted by Crippen LogP contribution is -2.05. The monoisotopic (exact) mass is 238 g/mol. The molecule has 0 N–H and O–H groups in total. The van der Waals surface area contributed by atoms with Gasteiger partial charge in [0.15, 0.2) is 17.4 Å². The normalized spacial score (nSPS) is 9.50. The lowest BCUT2D eigenvalue weighted by molar-refractivity contribution is 0.285. The van der Waals surface area contributed by atoms with Crippen molar-refractivity contribution in [1.82, 2.24) is 0 Å². The summed E-state index contributed by atoms with van der Waals surface area (Å²) < 4.78 is 56.2. The molecule has 1 aromatic carbocycles. The second-order valence-corrected chi connectivity index (χ2v) is 2.64. The van der Waals surface area contributed by atoms with E-state index in [1.54, 1.807) is 0 Å². The third-order valence-corrected chi connectivity index (χ3v) is 1.73. The van der Waals surface area contributed by atoms with E-state index in [2.05, 4.69) is 4.74 Å². The van der Waals surface area contributed by atoms with E-state index < -0.39 is 34.6 Å². The smallest absolute Gasteiger partial charge is 0.204 e. The highest BCUT2D eigenvalue weighted by Crippen LogP contribution is 2.29. The fourth-order valence-corrected chi connectivity index (χ4v) is 0.992. The van der Waals surface area contributed by atoms with Gasteiger partial charge in [-0.25, -0.2) is 8.78 Å². The van der Waals surface area contributed by atoms with Gasteiger partial charge in [-0.1, -0.05) is 13.8 Å². The zero-order valence-electron chi connectivity index (χ0n) is 9.63. The molecular weight excluding hydrogens is 224 g/mol. The van der Waals surface area contributed by atoms with Gasteiger partial charge in [-0.2, -0.15) is 8.78 Å². The zero-order valence-corrected chi connectivity index (χ0v) is 9.63. The Morgan fingerprint density at radius 3 is 1.56 bits per heavy atom. The predicted molar refractivity (Wildman–Crippen MR) is 53.5 cm³/mol. The predicted octanol–water partition coefficient (Wildman–Crippen LogP) is 3.98. The van der Waals surface area contributed by atoms with Crippen molar-refractivity contribution < 1.29 is 22.3 Å². The quantitative estimate of drug-likeness (QED) is 0.559. The van der Waals surface area contributed by atoms with Crippen molar-refractivity contribution in [2.75, 3.05) is 6.61 Å². The summed E-state index contributed by atoms with van der Waals surface area (Å²) in [6.45, 7) is 6.33. The first-order chi connectivity index (χ1) is 7.50. The maximum atomic E-state index is 13.0. The molecule has 0 saturated carbocycles. The Kier molecular flexibility index (Phi) is 5.85. The molecule has 0 radical (unpaired) electrons. The highest BCUT2D eigenvalue weighted by molar-refractivity contribution is 5.33. The van der Waals surface area contributed by atoms with Crippen molar-refractivity contribution in [3.63, 3.8) is 0 Å². The summed E-state index contributed by atoms with van der Waals surface area (Å²) in [5, 5.41) is 0. The zero-order chi connectivity index (χ0) is 12.9. The van der Waals surface area contributed by atoms with E-state index in [9.17, 15) is 17.6 Å². The molecule has 92 valence electrons. The summed E-state index contributed by atoms with van der Waals surface area (Å²) in [6.07, 6.45) is 0. The van der Waals surface area contributed by atoms with Gasteiger partial charge in [-0.3, -0.25) is 0 Å². The Bertz CT molecular complexity index is 334. The summed E-state index contributed by atoms with van der Waals surface area (Å²) in [7, 11) is 0. The molecule has 0 aromatic heterocycles. The molecule has 0 unspecified atom stereocenters. The Balaban J connectivity index is 0.00000106. The Morgan fingerprint density at radius 2 is 1.25 bits per heavy atom. The second-order valence-electron chi connectivity index (χ2n) is 2.64. The molecule has 0 saturated heterocycles. The lowest BCUT2D eigenvalue weighted by Gasteiger charge is -2.09. The van der Waals surface area contributed by atoms with Crippen LogP contribution in [0.3, 0.4) is 0 Å². The molecule has 5 heteroatoms. The summed E-state index contributed by atoms with van der Waals surface area (Å²) in [4.78, 5) is 0. The van der Waals surface area contributed by atoms with Crippen LogP contribution in [0.25, 0.3) is 0 Å². The molecular formula is C11H14F4O. The van der Waals surface area contributed by atoms with E-state index in [1.807, 2.05) is 13.8 Å². The van der Waals surface area contributed by atoms with Crippen LogP contribution in [0.15, 0.2) is 0 Å². The van der Waals surface area contributed by atoms with Crippen LogP contribution in [0.1, 0.15) is 26.3 Å². The first-order valence-electron chi connectivity index (χ1n) is 4.96. The maximum Gasteiger partial charge on any atom is 0.204 e. The van der Waals surface area contributed by atoms with E-state index >= 15 is 0 Å². The van der Waals surface area contributed by atoms with Crippen LogP contribution in [0.2, 0.25) is 0 Å². The van der Waals surface area contributed by atoms with Gasteiger partial charge in [0.1, 0.15) is 0 Å². The maximum absolute atomic E-state index is 13.0. The van der Waals surface area contributed by atoms with Gasteiger partial charge in [-0.15, -0.1) is 0 Å². The number of benzene rings is 1. The largest absolute Gasteiger partial charge is 0.488 e. The summed E-state index contributed by atoms with van der Waals surface area (Å²) in [5.41, 5.74) is -0.691. The van der Waals surface area contributed by atoms with Gasteiger partial charge >= 0.3 is 0 Å². The van der Waals surface area contributed by atoms with Gasteiger partial charge in [0.2, 0.25) is 11.6 Å². The summed E-state index contributed by atoms with van der Waals surface area (Å²) in [6, 6.07) is 0. The van der Waals surface area contributed by atoms with E-state index in [0.717, 1.165) is 6.92 Å². The fraction of sp³-hybridized carbons (Fsp3) is 0.455. The Labute approximate surface area is 92.0 Å². The highest BCUT2D eigenvalue weighted by atomic mass is 19.2. The third-order valence-electron chi connectivity index (χ3n) is 1.73. The fourth-order valence-electron chi connectivity index (χ4n) is 0.992. The average Bonchev–Trinajstić information content (AvgIpc) is 2.32. The van der Waals surface area contributed by atoms with Gasteiger partial charge in [0, 0.05) is 5.56 Å². The van der Waals surface area contributed by atoms with E-state index in [1.165, 1.54) is 6.92 Å². The van der Waals surface area contributed by atoms with Crippen molar-refractivity contribution in [3.8, 4) is 5.75 Å². The van der Waals surface area contributed by atoms with Crippen LogP contribution < -0.4 is 4.74 Å². The van der Waals surface area contributed by atoms with Crippen LogP contribution in [0.5, 0.6) is 5.75 Å². The molecule has 0 atom stereocenters. The molecule has 0 spiro atoms. The standard InChI is InChI=1S/C9H8F4O.C2H6/c1-3-14-9-7(12)5(10)4(2)6(11)8(9)13;1-2/h3H2,1-2H3;1-2H3. The van der Waals surface area contributed by atoms with Crippen LogP contribution in [-0.4, -0.2) is 6.61 Å². The van der Waals surface area contributed by atoms with Crippen LogP contribution in [0, 0.1) is 30.2 Å². The SMILES string of the molecule is CC.CCOc1c(F)c(F)c(C)c(F)c1F. The number of hydrogen-bond donors (Lipinski definition) is 0. The number of halogens is 4. The van der Waals surface area contributed by atoms with Crippen molar-refractivity contribution in [3.05, 3.63) is 28.8 Å². The van der Waals surface area contributed by atoms with Crippen molar-refractivity contribution >= 4 is 0 Å². The lowest BCUT2D eigenvalue weighted by atomic mass is 10.2. The number of rotatable bonds is 2. The average molecular weight is 238 g/mol. The number of ether oxygens (including phenoxy) is 1. The molecule has 0 aliphatic carbocycles. The minimum Gasteiger partial charge on any atom is -0.488 e. The van der Waals surface area contributed by atoms with Gasteiger partial charge < -0.3 is 4.74 Å². The second kappa shape index (κ2) is 6.35. The molecule has 1 aromatic rings. The van der Waals surface area contributed by atoms with Crippen molar-refractivity contribution in [2.24, 2.45) is 0 Å². The molecule has 0 aliphatic heterocycles. The van der Waals surface area contributed by atoms with Crippen molar-refractivity contribution in [2.45, 2.75) is 27.7 Å². The minimum atomic E-state index is -1.50. The van der Waals surface area contributed by atoms with Crippen molar-refractivity contribution in [1.29, 1.82) is 0 Å².